The molecule has 0 aromatic rings. The van der Waals surface area contributed by atoms with Crippen LogP contribution in [0.1, 0.15) is 152 Å². The average Bonchev–Trinajstić information content (AvgIpc) is 2.85. The molecular formula is C33H70N4O2. The third-order valence-corrected chi connectivity index (χ3v) is 6.58. The second kappa shape index (κ2) is 29.8. The predicted molar refractivity (Wildman–Crippen MR) is 171 cm³/mol. The van der Waals surface area contributed by atoms with Crippen molar-refractivity contribution in [3.8, 4) is 0 Å². The highest BCUT2D eigenvalue weighted by molar-refractivity contribution is 5.76. The van der Waals surface area contributed by atoms with Gasteiger partial charge < -0.3 is 21.3 Å². The summed E-state index contributed by atoms with van der Waals surface area (Å²) < 4.78 is 0. The van der Waals surface area contributed by atoms with Crippen molar-refractivity contribution in [2.75, 3.05) is 26.2 Å². The van der Waals surface area contributed by atoms with Crippen LogP contribution in [0.5, 0.6) is 0 Å². The van der Waals surface area contributed by atoms with E-state index in [2.05, 4.69) is 76.7 Å². The first-order valence-electron chi connectivity index (χ1n) is 16.5. The van der Waals surface area contributed by atoms with E-state index >= 15 is 0 Å². The summed E-state index contributed by atoms with van der Waals surface area (Å²) in [6.07, 6.45) is 16.6. The third kappa shape index (κ3) is 39.1. The quantitative estimate of drug-likeness (QED) is 0.0888. The summed E-state index contributed by atoms with van der Waals surface area (Å²) in [6, 6.07) is 1.17. The summed E-state index contributed by atoms with van der Waals surface area (Å²) in [5, 5.41) is 12.9. The molecule has 0 saturated carbocycles. The van der Waals surface area contributed by atoms with Crippen LogP contribution in [0.15, 0.2) is 0 Å². The standard InChI is InChI=1S/C17H36N2O.C16H34N2O/c1-15(2)11-10-14-19-17(20)12-8-6-5-7-9-13-18-16(3)4;1-14(2)10-9-13-18-16(19)11-7-5-6-8-12-17-15(3)4/h15-16,18H,5-14H2,1-4H3,(H,19,20);14-15,17H,5-13H2,1-4H3,(H,18,19). The molecule has 0 aromatic heterocycles. The van der Waals surface area contributed by atoms with Crippen molar-refractivity contribution in [2.45, 2.75) is 164 Å². The zero-order valence-corrected chi connectivity index (χ0v) is 27.6. The van der Waals surface area contributed by atoms with Crippen molar-refractivity contribution in [1.29, 1.82) is 0 Å². The van der Waals surface area contributed by atoms with Crippen molar-refractivity contribution in [2.24, 2.45) is 11.8 Å². The number of hydrogen-bond acceptors (Lipinski definition) is 4. The fraction of sp³-hybridized carbons (Fsp3) is 0.939. The third-order valence-electron chi connectivity index (χ3n) is 6.58. The molecule has 0 rings (SSSR count). The Morgan fingerprint density at radius 1 is 0.436 bits per heavy atom. The molecule has 0 atom stereocenters. The van der Waals surface area contributed by atoms with Gasteiger partial charge in [0.2, 0.25) is 11.8 Å². The van der Waals surface area contributed by atoms with Crippen LogP contribution in [0.4, 0.5) is 0 Å². The summed E-state index contributed by atoms with van der Waals surface area (Å²) >= 11 is 0. The van der Waals surface area contributed by atoms with Gasteiger partial charge in [-0.2, -0.15) is 0 Å². The van der Waals surface area contributed by atoms with E-state index in [1.54, 1.807) is 0 Å². The second-order valence-corrected chi connectivity index (χ2v) is 12.7. The van der Waals surface area contributed by atoms with Gasteiger partial charge in [0.1, 0.15) is 0 Å². The van der Waals surface area contributed by atoms with E-state index in [1.807, 2.05) is 0 Å². The fourth-order valence-electron chi connectivity index (χ4n) is 4.14. The molecule has 0 unspecified atom stereocenters. The molecule has 0 bridgehead atoms. The van der Waals surface area contributed by atoms with Crippen LogP contribution in [-0.2, 0) is 9.59 Å². The molecule has 39 heavy (non-hydrogen) atoms. The maximum Gasteiger partial charge on any atom is 0.219 e. The van der Waals surface area contributed by atoms with Crippen LogP contribution in [0.25, 0.3) is 0 Å². The number of carbonyl (C=O) groups excluding carboxylic acids is 2. The van der Waals surface area contributed by atoms with E-state index < -0.39 is 0 Å². The first-order valence-corrected chi connectivity index (χ1v) is 16.5. The number of amides is 2. The lowest BCUT2D eigenvalue weighted by Gasteiger charge is -2.08. The van der Waals surface area contributed by atoms with Gasteiger partial charge in [-0.1, -0.05) is 87.5 Å². The van der Waals surface area contributed by atoms with Crippen LogP contribution in [-0.4, -0.2) is 50.1 Å². The van der Waals surface area contributed by atoms with Gasteiger partial charge in [0.25, 0.3) is 0 Å². The van der Waals surface area contributed by atoms with Crippen LogP contribution in [0.3, 0.4) is 0 Å². The van der Waals surface area contributed by atoms with E-state index in [9.17, 15) is 9.59 Å². The number of nitrogens with one attached hydrogen (secondary N) is 4. The summed E-state index contributed by atoms with van der Waals surface area (Å²) in [6.45, 7) is 21.5. The largest absolute Gasteiger partial charge is 0.356 e. The maximum atomic E-state index is 11.6. The minimum Gasteiger partial charge on any atom is -0.356 e. The molecule has 234 valence electrons. The molecule has 0 spiro atoms. The lowest BCUT2D eigenvalue weighted by Crippen LogP contribution is -2.24. The normalized spacial score (nSPS) is 11.3. The molecular weight excluding hydrogens is 484 g/mol. The van der Waals surface area contributed by atoms with Gasteiger partial charge >= 0.3 is 0 Å². The zero-order valence-electron chi connectivity index (χ0n) is 27.6. The molecule has 0 aliphatic rings. The van der Waals surface area contributed by atoms with Gasteiger partial charge in [0, 0.05) is 38.0 Å². The number of rotatable bonds is 25. The molecule has 0 aromatic carbocycles. The Morgan fingerprint density at radius 3 is 1.10 bits per heavy atom. The van der Waals surface area contributed by atoms with Crippen LogP contribution >= 0.6 is 0 Å². The van der Waals surface area contributed by atoms with Gasteiger partial charge in [0.05, 0.1) is 0 Å². The van der Waals surface area contributed by atoms with E-state index in [4.69, 9.17) is 0 Å². The fourth-order valence-corrected chi connectivity index (χ4v) is 4.14. The number of hydrogen-bond donors (Lipinski definition) is 4. The van der Waals surface area contributed by atoms with Crippen LogP contribution < -0.4 is 21.3 Å². The zero-order chi connectivity index (χ0) is 29.7. The SMILES string of the molecule is CC(C)CCCNC(=O)CCCCCCCNC(C)C.CC(C)CCCNC(=O)CCCCCCNC(C)C. The molecule has 0 aliphatic heterocycles. The summed E-state index contributed by atoms with van der Waals surface area (Å²) in [7, 11) is 0. The minimum absolute atomic E-state index is 0.226. The Balaban J connectivity index is 0. The topological polar surface area (TPSA) is 82.3 Å². The summed E-state index contributed by atoms with van der Waals surface area (Å²) in [4.78, 5) is 23.1. The monoisotopic (exact) mass is 555 g/mol. The van der Waals surface area contributed by atoms with Crippen molar-refractivity contribution in [3.63, 3.8) is 0 Å². The highest BCUT2D eigenvalue weighted by Gasteiger charge is 2.02. The molecule has 0 heterocycles. The molecule has 0 aliphatic carbocycles. The Kier molecular flexibility index (Phi) is 30.6. The summed E-state index contributed by atoms with van der Waals surface area (Å²) in [5.74, 6) is 1.92. The van der Waals surface area contributed by atoms with E-state index in [0.29, 0.717) is 24.9 Å². The Hall–Kier alpha value is -1.14. The Bertz CT molecular complexity index is 536. The minimum atomic E-state index is 0.226. The van der Waals surface area contributed by atoms with Gasteiger partial charge in [-0.25, -0.2) is 0 Å². The number of unbranched alkanes of at least 4 members (excludes halogenated alkanes) is 7. The van der Waals surface area contributed by atoms with Crippen LogP contribution in [0.2, 0.25) is 0 Å². The highest BCUT2D eigenvalue weighted by Crippen LogP contribution is 2.06. The molecule has 6 nitrogen and oxygen atoms in total. The lowest BCUT2D eigenvalue weighted by molar-refractivity contribution is -0.122. The highest BCUT2D eigenvalue weighted by atomic mass is 16.2. The van der Waals surface area contributed by atoms with Crippen molar-refractivity contribution in [3.05, 3.63) is 0 Å². The smallest absolute Gasteiger partial charge is 0.219 e. The number of carbonyl (C=O) groups is 2. The predicted octanol–water partition coefficient (Wildman–Crippen LogP) is 7.36. The van der Waals surface area contributed by atoms with Gasteiger partial charge in [-0.3, -0.25) is 9.59 Å². The van der Waals surface area contributed by atoms with Crippen LogP contribution in [0, 0.1) is 11.8 Å². The molecule has 4 N–H and O–H groups in total. The van der Waals surface area contributed by atoms with E-state index in [1.165, 1.54) is 57.8 Å². The maximum absolute atomic E-state index is 11.6. The average molecular weight is 555 g/mol. The molecule has 0 fully saturated rings. The van der Waals surface area contributed by atoms with E-state index in [-0.39, 0.29) is 11.8 Å². The molecule has 6 heteroatoms. The molecule has 0 saturated heterocycles. The Morgan fingerprint density at radius 2 is 0.769 bits per heavy atom. The van der Waals surface area contributed by atoms with Gasteiger partial charge in [-0.15, -0.1) is 0 Å². The van der Waals surface area contributed by atoms with Crippen molar-refractivity contribution >= 4 is 11.8 Å². The summed E-state index contributed by atoms with van der Waals surface area (Å²) in [5.41, 5.74) is 0. The first-order chi connectivity index (χ1) is 18.5. The van der Waals surface area contributed by atoms with E-state index in [0.717, 1.165) is 63.7 Å². The second-order valence-electron chi connectivity index (χ2n) is 12.7. The lowest BCUT2D eigenvalue weighted by atomic mass is 10.1. The van der Waals surface area contributed by atoms with Gasteiger partial charge in [0.15, 0.2) is 0 Å². The van der Waals surface area contributed by atoms with Crippen molar-refractivity contribution < 1.29 is 9.59 Å². The Labute approximate surface area is 244 Å². The molecule has 2 amide bonds. The first kappa shape index (κ1) is 40.0. The molecule has 0 radical (unpaired) electrons. The van der Waals surface area contributed by atoms with Crippen molar-refractivity contribution in [1.82, 2.24) is 21.3 Å². The van der Waals surface area contributed by atoms with Gasteiger partial charge in [-0.05, 0) is 76.3 Å².